The number of anilines is 1. The van der Waals surface area contributed by atoms with Gasteiger partial charge in [0.15, 0.2) is 17.3 Å². The third-order valence-corrected chi connectivity index (χ3v) is 8.46. The monoisotopic (exact) mass is 522 g/mol. The number of benzene rings is 1. The summed E-state index contributed by atoms with van der Waals surface area (Å²) in [6.45, 7) is 2.30. The highest BCUT2D eigenvalue weighted by molar-refractivity contribution is 6.29. The van der Waals surface area contributed by atoms with Crippen molar-refractivity contribution in [3.63, 3.8) is 0 Å². The third-order valence-electron chi connectivity index (χ3n) is 8.27. The van der Waals surface area contributed by atoms with Gasteiger partial charge in [0.25, 0.3) is 0 Å². The van der Waals surface area contributed by atoms with E-state index >= 15 is 0 Å². The Morgan fingerprint density at radius 1 is 1.32 bits per heavy atom. The maximum atomic E-state index is 13.9. The van der Waals surface area contributed by atoms with Crippen molar-refractivity contribution in [3.05, 3.63) is 51.4 Å². The van der Waals surface area contributed by atoms with Gasteiger partial charge in [0.1, 0.15) is 23.5 Å². The Morgan fingerprint density at radius 2 is 2.16 bits per heavy atom. The van der Waals surface area contributed by atoms with Gasteiger partial charge in [-0.3, -0.25) is 4.90 Å². The van der Waals surface area contributed by atoms with Crippen molar-refractivity contribution in [1.82, 2.24) is 20.0 Å². The van der Waals surface area contributed by atoms with Gasteiger partial charge >= 0.3 is 0 Å². The fraction of sp³-hybridized carbons (Fsp3) is 0.481. The highest BCUT2D eigenvalue weighted by Crippen LogP contribution is 2.54. The van der Waals surface area contributed by atoms with E-state index in [-0.39, 0.29) is 17.3 Å². The molecule has 37 heavy (non-hydrogen) atoms. The molecule has 1 fully saturated rings. The maximum Gasteiger partial charge on any atom is 0.218 e. The lowest BCUT2D eigenvalue weighted by Gasteiger charge is -2.33. The zero-order chi connectivity index (χ0) is 25.9. The van der Waals surface area contributed by atoms with Gasteiger partial charge in [-0.2, -0.15) is 10.2 Å². The van der Waals surface area contributed by atoms with Gasteiger partial charge in [-0.1, -0.05) is 22.8 Å². The molecule has 2 N–H and O–H groups in total. The SMILES string of the molecule is C[C@H](Oc1cc(Cl)nc(-c2noc3c2CCCC32CCc3ccc(N)c(C#N)c32)n1)[C@@H]1C[C@@H](F)CN1C. The molecule has 3 aliphatic rings. The first kappa shape index (κ1) is 24.1. The van der Waals surface area contributed by atoms with Crippen LogP contribution in [0.15, 0.2) is 22.7 Å². The largest absolute Gasteiger partial charge is 0.473 e. The standard InChI is InChI=1S/C27H28ClFN6O2/c1-14(20-10-16(29)13-35(20)2)36-22-11-21(28)32-26(33-22)24-17-4-3-8-27(25(17)37-34-24)9-7-15-5-6-19(31)18(12-30)23(15)27/h5-6,11,14,16,20H,3-4,7-10,13,31H2,1-2H3/t14-,16+,20-,27?/m0/s1. The number of ether oxygens (including phenoxy) is 1. The van der Waals surface area contributed by atoms with Crippen molar-refractivity contribution in [2.75, 3.05) is 19.3 Å². The van der Waals surface area contributed by atoms with E-state index in [0.29, 0.717) is 41.6 Å². The van der Waals surface area contributed by atoms with Crippen LogP contribution in [0.25, 0.3) is 11.5 Å². The summed E-state index contributed by atoms with van der Waals surface area (Å²) in [7, 11) is 1.90. The maximum absolute atomic E-state index is 13.9. The Labute approximate surface area is 219 Å². The van der Waals surface area contributed by atoms with Crippen LogP contribution in [0.3, 0.4) is 0 Å². The van der Waals surface area contributed by atoms with Crippen LogP contribution in [0, 0.1) is 11.3 Å². The molecule has 0 saturated carbocycles. The van der Waals surface area contributed by atoms with E-state index in [1.54, 1.807) is 6.07 Å². The molecule has 2 aliphatic carbocycles. The van der Waals surface area contributed by atoms with Crippen molar-refractivity contribution < 1.29 is 13.7 Å². The summed E-state index contributed by atoms with van der Waals surface area (Å²) in [4.78, 5) is 11.0. The van der Waals surface area contributed by atoms with Crippen molar-refractivity contribution >= 4 is 17.3 Å². The molecule has 1 aliphatic heterocycles. The zero-order valence-corrected chi connectivity index (χ0v) is 21.6. The molecule has 0 amide bonds. The molecule has 10 heteroatoms. The lowest BCUT2D eigenvalue weighted by molar-refractivity contribution is 0.117. The molecular weight excluding hydrogens is 495 g/mol. The molecular formula is C27H28ClFN6O2. The van der Waals surface area contributed by atoms with Gasteiger partial charge in [0, 0.05) is 29.9 Å². The number of fused-ring (bicyclic) bond motifs is 4. The van der Waals surface area contributed by atoms with Crippen molar-refractivity contribution in [1.29, 1.82) is 5.26 Å². The summed E-state index contributed by atoms with van der Waals surface area (Å²) in [5.74, 6) is 1.40. The number of likely N-dealkylation sites (tertiary alicyclic amines) is 1. The Morgan fingerprint density at radius 3 is 2.92 bits per heavy atom. The number of aryl methyl sites for hydroxylation is 1. The first-order valence-electron chi connectivity index (χ1n) is 12.7. The molecule has 8 nitrogen and oxygen atoms in total. The fourth-order valence-corrected chi connectivity index (χ4v) is 6.78. The number of nitriles is 1. The minimum atomic E-state index is -0.864. The first-order valence-corrected chi connectivity index (χ1v) is 13.1. The molecule has 192 valence electrons. The molecule has 1 saturated heterocycles. The first-order chi connectivity index (χ1) is 17.8. The van der Waals surface area contributed by atoms with Crippen LogP contribution in [0.4, 0.5) is 10.1 Å². The Bertz CT molecular complexity index is 1420. The number of nitrogen functional groups attached to an aromatic ring is 1. The second kappa shape index (κ2) is 8.96. The number of likely N-dealkylation sites (N-methyl/N-ethyl adjacent to an activating group) is 1. The van der Waals surface area contributed by atoms with Crippen LogP contribution >= 0.6 is 11.6 Å². The Kier molecular flexibility index (Phi) is 5.85. The summed E-state index contributed by atoms with van der Waals surface area (Å²) in [5, 5.41) is 14.6. The molecule has 3 aromatic rings. The number of alkyl halides is 1. The number of nitrogens with zero attached hydrogens (tertiary/aromatic N) is 5. The van der Waals surface area contributed by atoms with Gasteiger partial charge < -0.3 is 15.0 Å². The number of halogens is 2. The van der Waals surface area contributed by atoms with Gasteiger partial charge in [-0.25, -0.2) is 9.37 Å². The molecule has 4 atom stereocenters. The van der Waals surface area contributed by atoms with E-state index in [1.165, 1.54) is 0 Å². The van der Waals surface area contributed by atoms with Crippen molar-refractivity contribution in [3.8, 4) is 23.5 Å². The number of nitrogens with two attached hydrogens (primary N) is 1. The van der Waals surface area contributed by atoms with E-state index in [2.05, 4.69) is 21.2 Å². The predicted octanol–water partition coefficient (Wildman–Crippen LogP) is 4.62. The van der Waals surface area contributed by atoms with E-state index < -0.39 is 11.6 Å². The third kappa shape index (κ3) is 3.85. The summed E-state index contributed by atoms with van der Waals surface area (Å²) in [6.07, 6.45) is 3.45. The second-order valence-electron chi connectivity index (χ2n) is 10.5. The quantitative estimate of drug-likeness (QED) is 0.390. The van der Waals surface area contributed by atoms with Crippen molar-refractivity contribution in [2.24, 2.45) is 0 Å². The summed E-state index contributed by atoms with van der Waals surface area (Å²) in [5.41, 5.74) is 10.3. The van der Waals surface area contributed by atoms with Crippen LogP contribution < -0.4 is 10.5 Å². The molecule has 2 aromatic heterocycles. The van der Waals surface area contributed by atoms with E-state index in [0.717, 1.165) is 54.6 Å². The highest BCUT2D eigenvalue weighted by atomic mass is 35.5. The lowest BCUT2D eigenvalue weighted by Crippen LogP contribution is -2.38. The summed E-state index contributed by atoms with van der Waals surface area (Å²) >= 11 is 6.38. The topological polar surface area (TPSA) is 114 Å². The van der Waals surface area contributed by atoms with Gasteiger partial charge in [0.2, 0.25) is 5.88 Å². The molecule has 1 aromatic carbocycles. The smallest absolute Gasteiger partial charge is 0.218 e. The number of hydrogen-bond acceptors (Lipinski definition) is 8. The summed E-state index contributed by atoms with van der Waals surface area (Å²) < 4.78 is 26.0. The minimum absolute atomic E-state index is 0.0592. The zero-order valence-electron chi connectivity index (χ0n) is 20.8. The molecule has 0 bridgehead atoms. The van der Waals surface area contributed by atoms with E-state index in [4.69, 9.17) is 26.6 Å². The Balaban J connectivity index is 1.37. The molecule has 3 heterocycles. The number of aromatic nitrogens is 3. The van der Waals surface area contributed by atoms with Crippen LogP contribution in [0.2, 0.25) is 5.15 Å². The Hall–Kier alpha value is -3.22. The van der Waals surface area contributed by atoms with Crippen molar-refractivity contribution in [2.45, 2.75) is 69.2 Å². The van der Waals surface area contributed by atoms with Crippen LogP contribution in [-0.2, 0) is 18.3 Å². The lowest BCUT2D eigenvalue weighted by atomic mass is 9.68. The number of hydrogen-bond donors (Lipinski definition) is 1. The second-order valence-corrected chi connectivity index (χ2v) is 10.9. The van der Waals surface area contributed by atoms with Crippen LogP contribution in [0.5, 0.6) is 5.88 Å². The fourth-order valence-electron chi connectivity index (χ4n) is 6.61. The molecule has 6 rings (SSSR count). The average Bonchev–Trinajstić information content (AvgIpc) is 3.55. The van der Waals surface area contributed by atoms with E-state index in [1.807, 2.05) is 31.0 Å². The summed E-state index contributed by atoms with van der Waals surface area (Å²) in [6, 6.07) is 7.66. The molecule has 0 radical (unpaired) electrons. The number of rotatable bonds is 4. The van der Waals surface area contributed by atoms with E-state index in [9.17, 15) is 9.65 Å². The molecule has 1 spiro atoms. The average molecular weight is 523 g/mol. The van der Waals surface area contributed by atoms with Crippen LogP contribution in [0.1, 0.15) is 60.6 Å². The van der Waals surface area contributed by atoms with Gasteiger partial charge in [-0.05, 0) is 69.7 Å². The minimum Gasteiger partial charge on any atom is -0.473 e. The van der Waals surface area contributed by atoms with Crippen LogP contribution in [-0.4, -0.2) is 51.9 Å². The highest BCUT2D eigenvalue weighted by Gasteiger charge is 2.49. The van der Waals surface area contributed by atoms with Gasteiger partial charge in [0.05, 0.1) is 11.0 Å². The van der Waals surface area contributed by atoms with Gasteiger partial charge in [-0.15, -0.1) is 0 Å². The normalized spacial score (nSPS) is 25.6. The molecule has 1 unspecified atom stereocenters. The predicted molar refractivity (Wildman–Crippen MR) is 136 cm³/mol.